The average molecular weight is 365 g/mol. The average Bonchev–Trinajstić information content (AvgIpc) is 2.67. The fourth-order valence-electron chi connectivity index (χ4n) is 3.71. The largest absolute Gasteiger partial charge is 0.330 e. The molecule has 2 aromatic rings. The van der Waals surface area contributed by atoms with Crippen LogP contribution in [0.4, 0.5) is 5.69 Å². The number of aryl methyl sites for hydroxylation is 2. The number of nitrogens with two attached hydrogens (primary N) is 1. The summed E-state index contributed by atoms with van der Waals surface area (Å²) in [6.07, 6.45) is 4.92. The predicted octanol–water partition coefficient (Wildman–Crippen LogP) is 3.42. The Morgan fingerprint density at radius 3 is 2.30 bits per heavy atom. The number of hydrogen-bond acceptors (Lipinski definition) is 2. The number of quaternary nitrogens is 1. The van der Waals surface area contributed by atoms with E-state index in [1.807, 2.05) is 6.92 Å². The van der Waals surface area contributed by atoms with Crippen LogP contribution in [0.2, 0.25) is 0 Å². The van der Waals surface area contributed by atoms with Gasteiger partial charge in [-0.1, -0.05) is 12.1 Å². The molecule has 27 heavy (non-hydrogen) atoms. The molecule has 0 unspecified atom stereocenters. The monoisotopic (exact) mass is 365 g/mol. The van der Waals surface area contributed by atoms with Gasteiger partial charge in [-0.25, -0.2) is 0 Å². The minimum absolute atomic E-state index is 0.0217. The summed E-state index contributed by atoms with van der Waals surface area (Å²) >= 11 is 0. The van der Waals surface area contributed by atoms with Crippen LogP contribution in [0, 0.1) is 0 Å². The van der Waals surface area contributed by atoms with Crippen molar-refractivity contribution in [3.8, 4) is 0 Å². The highest BCUT2D eigenvalue weighted by Crippen LogP contribution is 2.23. The van der Waals surface area contributed by atoms with Crippen LogP contribution in [0.3, 0.4) is 0 Å². The van der Waals surface area contributed by atoms with Gasteiger partial charge >= 0.3 is 0 Å². The fourth-order valence-corrected chi connectivity index (χ4v) is 3.71. The molecule has 0 heterocycles. The number of carbonyl (C=O) groups excluding carboxylic acids is 2. The van der Waals surface area contributed by atoms with Gasteiger partial charge in [0.15, 0.2) is 11.8 Å². The van der Waals surface area contributed by atoms with E-state index in [1.54, 1.807) is 24.3 Å². The van der Waals surface area contributed by atoms with Crippen molar-refractivity contribution in [1.82, 2.24) is 0 Å². The molecule has 0 saturated carbocycles. The fraction of sp³-hybridized carbons (Fsp3) is 0.391. The third-order valence-electron chi connectivity index (χ3n) is 5.45. The van der Waals surface area contributed by atoms with Gasteiger partial charge in [-0.15, -0.1) is 0 Å². The quantitative estimate of drug-likeness (QED) is 0.771. The first-order valence-corrected chi connectivity index (χ1v) is 9.82. The van der Waals surface area contributed by atoms with E-state index in [0.717, 1.165) is 0 Å². The Balaban J connectivity index is 1.59. The minimum atomic E-state index is -0.205. The topological polar surface area (TPSA) is 62.8 Å². The van der Waals surface area contributed by atoms with E-state index in [1.165, 1.54) is 49.3 Å². The van der Waals surface area contributed by atoms with Crippen LogP contribution in [-0.4, -0.2) is 17.7 Å². The lowest BCUT2D eigenvalue weighted by atomic mass is 9.89. The standard InChI is InChI=1S/C23H28N2O2/c1-15(20-9-8-19-6-4-5-7-21(19)14-20)24-16(2)23(27)25-22-12-10-18(11-13-22)17(3)26/h8-16,24H,4-7H2,1-3H3,(H,25,27)/p+1/t15-,16-/m0/s1. The van der Waals surface area contributed by atoms with E-state index in [-0.39, 0.29) is 23.8 Å². The lowest BCUT2D eigenvalue weighted by Crippen LogP contribution is -2.91. The van der Waals surface area contributed by atoms with Gasteiger partial charge in [0.05, 0.1) is 0 Å². The highest BCUT2D eigenvalue weighted by Gasteiger charge is 2.21. The molecule has 1 aliphatic carbocycles. The molecule has 1 aliphatic rings. The van der Waals surface area contributed by atoms with Gasteiger partial charge in [0.25, 0.3) is 5.91 Å². The van der Waals surface area contributed by atoms with Crippen LogP contribution >= 0.6 is 0 Å². The van der Waals surface area contributed by atoms with Crippen molar-refractivity contribution in [2.24, 2.45) is 0 Å². The van der Waals surface area contributed by atoms with Crippen molar-refractivity contribution in [3.63, 3.8) is 0 Å². The zero-order chi connectivity index (χ0) is 19.4. The lowest BCUT2D eigenvalue weighted by molar-refractivity contribution is -0.709. The van der Waals surface area contributed by atoms with Gasteiger partial charge < -0.3 is 10.6 Å². The summed E-state index contributed by atoms with van der Waals surface area (Å²) in [6.45, 7) is 5.61. The van der Waals surface area contributed by atoms with Crippen LogP contribution in [0.5, 0.6) is 0 Å². The molecule has 3 N–H and O–H groups in total. The van der Waals surface area contributed by atoms with Crippen molar-refractivity contribution >= 4 is 17.4 Å². The molecule has 4 heteroatoms. The first-order chi connectivity index (χ1) is 12.9. The maximum atomic E-state index is 12.5. The second kappa shape index (κ2) is 8.49. The molecule has 0 radical (unpaired) electrons. The van der Waals surface area contributed by atoms with E-state index in [4.69, 9.17) is 0 Å². The maximum absolute atomic E-state index is 12.5. The molecule has 0 fully saturated rings. The zero-order valence-corrected chi connectivity index (χ0v) is 16.4. The Labute approximate surface area is 161 Å². The summed E-state index contributed by atoms with van der Waals surface area (Å²) in [7, 11) is 0. The number of benzene rings is 2. The molecule has 0 aliphatic heterocycles. The molecular weight excluding hydrogens is 336 g/mol. The molecule has 2 atom stereocenters. The Hall–Kier alpha value is -2.46. The van der Waals surface area contributed by atoms with Crippen molar-refractivity contribution < 1.29 is 14.9 Å². The van der Waals surface area contributed by atoms with E-state index in [9.17, 15) is 9.59 Å². The Morgan fingerprint density at radius 1 is 0.963 bits per heavy atom. The number of carbonyl (C=O) groups is 2. The molecule has 0 spiro atoms. The van der Waals surface area contributed by atoms with E-state index >= 15 is 0 Å². The highest BCUT2D eigenvalue weighted by atomic mass is 16.2. The number of amides is 1. The number of hydrogen-bond donors (Lipinski definition) is 2. The third-order valence-corrected chi connectivity index (χ3v) is 5.45. The number of nitrogens with one attached hydrogen (secondary N) is 1. The Morgan fingerprint density at radius 2 is 1.63 bits per heavy atom. The van der Waals surface area contributed by atoms with Crippen LogP contribution in [0.1, 0.15) is 66.7 Å². The summed E-state index contributed by atoms with van der Waals surface area (Å²) in [5.74, 6) is -0.0103. The highest BCUT2D eigenvalue weighted by molar-refractivity contribution is 5.96. The summed E-state index contributed by atoms with van der Waals surface area (Å²) in [6, 6.07) is 13.8. The van der Waals surface area contributed by atoms with Gasteiger partial charge in [-0.2, -0.15) is 0 Å². The van der Waals surface area contributed by atoms with E-state index < -0.39 is 0 Å². The molecule has 3 rings (SSSR count). The summed E-state index contributed by atoms with van der Waals surface area (Å²) in [4.78, 5) is 23.9. The molecule has 4 nitrogen and oxygen atoms in total. The smallest absolute Gasteiger partial charge is 0.282 e. The third kappa shape index (κ3) is 4.83. The minimum Gasteiger partial charge on any atom is -0.330 e. The van der Waals surface area contributed by atoms with Crippen molar-refractivity contribution in [3.05, 3.63) is 64.7 Å². The summed E-state index contributed by atoms with van der Waals surface area (Å²) in [5.41, 5.74) is 5.60. The van der Waals surface area contributed by atoms with Gasteiger partial charge in [0, 0.05) is 16.8 Å². The van der Waals surface area contributed by atoms with Crippen LogP contribution in [0.15, 0.2) is 42.5 Å². The van der Waals surface area contributed by atoms with Crippen LogP contribution in [-0.2, 0) is 17.6 Å². The van der Waals surface area contributed by atoms with Crippen molar-refractivity contribution in [2.75, 3.05) is 5.32 Å². The van der Waals surface area contributed by atoms with Gasteiger partial charge in [-0.3, -0.25) is 9.59 Å². The van der Waals surface area contributed by atoms with Crippen LogP contribution < -0.4 is 10.6 Å². The molecule has 0 bridgehead atoms. The molecular formula is C23H29N2O2+. The number of ketones is 1. The summed E-state index contributed by atoms with van der Waals surface area (Å²) < 4.78 is 0. The molecule has 0 aromatic heterocycles. The van der Waals surface area contributed by atoms with Gasteiger partial charge in [0.2, 0.25) is 0 Å². The van der Waals surface area contributed by atoms with Crippen molar-refractivity contribution in [2.45, 2.75) is 58.5 Å². The Bertz CT molecular complexity index is 827. The predicted molar refractivity (Wildman–Crippen MR) is 108 cm³/mol. The number of anilines is 1. The van der Waals surface area contributed by atoms with Crippen LogP contribution in [0.25, 0.3) is 0 Å². The lowest BCUT2D eigenvalue weighted by Gasteiger charge is -2.20. The van der Waals surface area contributed by atoms with Crippen molar-refractivity contribution in [1.29, 1.82) is 0 Å². The number of rotatable bonds is 6. The van der Waals surface area contributed by atoms with Gasteiger partial charge in [-0.05, 0) is 87.9 Å². The molecule has 2 aromatic carbocycles. The Kier molecular flexibility index (Phi) is 6.07. The second-order valence-corrected chi connectivity index (χ2v) is 7.63. The van der Waals surface area contributed by atoms with Gasteiger partial charge in [0.1, 0.15) is 6.04 Å². The normalized spacial score (nSPS) is 15.5. The number of Topliss-reactive ketones (excluding diaryl/α,β-unsaturated/α-hetero) is 1. The summed E-state index contributed by atoms with van der Waals surface area (Å²) in [5, 5.41) is 5.03. The molecule has 142 valence electrons. The SMILES string of the molecule is CC(=O)c1ccc(NC(=O)[C@H](C)[NH2+][C@@H](C)c2ccc3c(c2)CCCC3)cc1. The molecule has 1 amide bonds. The van der Waals surface area contributed by atoms with E-state index in [2.05, 4.69) is 35.8 Å². The second-order valence-electron chi connectivity index (χ2n) is 7.63. The van der Waals surface area contributed by atoms with E-state index in [0.29, 0.717) is 11.3 Å². The maximum Gasteiger partial charge on any atom is 0.282 e. The zero-order valence-electron chi connectivity index (χ0n) is 16.4. The first kappa shape index (κ1) is 19.3. The molecule has 0 saturated heterocycles. The number of fused-ring (bicyclic) bond motifs is 1. The first-order valence-electron chi connectivity index (χ1n) is 9.82.